The molecule has 1 fully saturated rings. The number of hydrogen-bond donors (Lipinski definition) is 0. The molecule has 6 nitrogen and oxygen atoms in total. The van der Waals surface area contributed by atoms with Gasteiger partial charge in [-0.3, -0.25) is 9.59 Å². The van der Waals surface area contributed by atoms with E-state index in [1.807, 2.05) is 36.9 Å². The third kappa shape index (κ3) is 4.00. The van der Waals surface area contributed by atoms with E-state index in [0.29, 0.717) is 31.1 Å². The topological polar surface area (TPSA) is 66.7 Å². The van der Waals surface area contributed by atoms with E-state index in [1.54, 1.807) is 4.90 Å². The lowest BCUT2D eigenvalue weighted by molar-refractivity contribution is 0.0411. The van der Waals surface area contributed by atoms with Crippen LogP contribution < -0.4 is 0 Å². The van der Waals surface area contributed by atoms with E-state index in [1.165, 1.54) is 11.8 Å². The van der Waals surface area contributed by atoms with Gasteiger partial charge < -0.3 is 14.2 Å². The summed E-state index contributed by atoms with van der Waals surface area (Å²) in [6.07, 6.45) is 1.26. The molecular formula is C20H24ClN3O3. The summed E-state index contributed by atoms with van der Waals surface area (Å²) >= 11 is 5.65. The Labute approximate surface area is 164 Å². The van der Waals surface area contributed by atoms with Crippen LogP contribution in [0.2, 0.25) is 5.35 Å². The lowest BCUT2D eigenvalue weighted by Crippen LogP contribution is -2.55. The first-order valence-electron chi connectivity index (χ1n) is 9.09. The van der Waals surface area contributed by atoms with E-state index in [0.717, 1.165) is 5.56 Å². The second-order valence-corrected chi connectivity index (χ2v) is 7.63. The standard InChI is InChI=1S/C20H24ClN3O3/c1-12(2)16-6-5-15(9-13(16)3)18(25)24-8-7-23(10-14(24)4)19(26)17-11-27-20(21)22-17/h5-6,9,11-12,14H,7-8,10H2,1-4H3/t14-/m0/s1. The number of nitrogens with zero attached hydrogens (tertiary/aromatic N) is 3. The number of carbonyl (C=O) groups excluding carboxylic acids is 2. The van der Waals surface area contributed by atoms with Gasteiger partial charge in [-0.15, -0.1) is 0 Å². The first-order valence-corrected chi connectivity index (χ1v) is 9.47. The monoisotopic (exact) mass is 389 g/mol. The highest BCUT2D eigenvalue weighted by atomic mass is 35.5. The number of rotatable bonds is 3. The van der Waals surface area contributed by atoms with Gasteiger partial charge in [-0.25, -0.2) is 0 Å². The number of hydrogen-bond acceptors (Lipinski definition) is 4. The third-order valence-corrected chi connectivity index (χ3v) is 5.18. The molecule has 1 aromatic heterocycles. The molecule has 1 atom stereocenters. The van der Waals surface area contributed by atoms with E-state index < -0.39 is 0 Å². The summed E-state index contributed by atoms with van der Waals surface area (Å²) in [7, 11) is 0. The Hall–Kier alpha value is -2.34. The minimum atomic E-state index is -0.235. The summed E-state index contributed by atoms with van der Waals surface area (Å²) in [6.45, 7) is 9.63. The molecule has 0 bridgehead atoms. The average molecular weight is 390 g/mol. The Morgan fingerprint density at radius 2 is 2.00 bits per heavy atom. The van der Waals surface area contributed by atoms with Gasteiger partial charge in [0.15, 0.2) is 5.69 Å². The normalized spacial score (nSPS) is 17.5. The average Bonchev–Trinajstić information content (AvgIpc) is 3.06. The van der Waals surface area contributed by atoms with Gasteiger partial charge in [-0.05, 0) is 54.6 Å². The molecule has 1 aromatic carbocycles. The van der Waals surface area contributed by atoms with Crippen LogP contribution in [0.5, 0.6) is 0 Å². The van der Waals surface area contributed by atoms with Crippen LogP contribution >= 0.6 is 11.6 Å². The van der Waals surface area contributed by atoms with E-state index in [2.05, 4.69) is 18.8 Å². The maximum absolute atomic E-state index is 13.0. The van der Waals surface area contributed by atoms with Gasteiger partial charge in [0, 0.05) is 31.2 Å². The van der Waals surface area contributed by atoms with Crippen LogP contribution in [0.1, 0.15) is 58.7 Å². The van der Waals surface area contributed by atoms with Crippen molar-refractivity contribution >= 4 is 23.4 Å². The summed E-state index contributed by atoms with van der Waals surface area (Å²) in [5, 5.41) is -0.0552. The van der Waals surface area contributed by atoms with Crippen LogP contribution in [0, 0.1) is 6.92 Å². The quantitative estimate of drug-likeness (QED) is 0.801. The molecule has 1 aliphatic rings. The molecule has 2 amide bonds. The van der Waals surface area contributed by atoms with Gasteiger partial charge in [-0.1, -0.05) is 19.9 Å². The van der Waals surface area contributed by atoms with Crippen molar-refractivity contribution in [1.82, 2.24) is 14.8 Å². The molecule has 1 aliphatic heterocycles. The van der Waals surface area contributed by atoms with Gasteiger partial charge in [0.05, 0.1) is 0 Å². The molecular weight excluding hydrogens is 366 g/mol. The Balaban J connectivity index is 1.70. The van der Waals surface area contributed by atoms with Crippen molar-refractivity contribution in [3.05, 3.63) is 52.2 Å². The van der Waals surface area contributed by atoms with Gasteiger partial charge in [0.1, 0.15) is 6.26 Å². The molecule has 0 radical (unpaired) electrons. The molecule has 1 saturated heterocycles. The largest absolute Gasteiger partial charge is 0.435 e. The number of carbonyl (C=O) groups is 2. The van der Waals surface area contributed by atoms with Gasteiger partial charge in [0.25, 0.3) is 17.2 Å². The Morgan fingerprint density at radius 1 is 1.26 bits per heavy atom. The van der Waals surface area contributed by atoms with E-state index in [-0.39, 0.29) is 28.9 Å². The van der Waals surface area contributed by atoms with Crippen LogP contribution in [0.25, 0.3) is 0 Å². The molecule has 0 spiro atoms. The van der Waals surface area contributed by atoms with Crippen LogP contribution in [0.15, 0.2) is 28.9 Å². The lowest BCUT2D eigenvalue weighted by Gasteiger charge is -2.39. The van der Waals surface area contributed by atoms with Crippen LogP contribution in [-0.4, -0.2) is 52.3 Å². The second kappa shape index (κ2) is 7.72. The van der Waals surface area contributed by atoms with Gasteiger partial charge in [0.2, 0.25) is 0 Å². The van der Waals surface area contributed by atoms with E-state index in [9.17, 15) is 9.59 Å². The number of aromatic nitrogens is 1. The smallest absolute Gasteiger partial charge is 0.292 e. The maximum Gasteiger partial charge on any atom is 0.292 e. The van der Waals surface area contributed by atoms with Crippen molar-refractivity contribution in [3.63, 3.8) is 0 Å². The zero-order chi connectivity index (χ0) is 19.7. The Bertz CT molecular complexity index is 862. The summed E-state index contributed by atoms with van der Waals surface area (Å²) in [5.74, 6) is 0.187. The number of amides is 2. The van der Waals surface area contributed by atoms with Gasteiger partial charge in [-0.2, -0.15) is 4.98 Å². The molecule has 2 aromatic rings. The Kier molecular flexibility index (Phi) is 5.56. The predicted octanol–water partition coefficient (Wildman–Crippen LogP) is 3.75. The Morgan fingerprint density at radius 3 is 2.56 bits per heavy atom. The van der Waals surface area contributed by atoms with Crippen molar-refractivity contribution < 1.29 is 14.0 Å². The highest BCUT2D eigenvalue weighted by molar-refractivity contribution is 6.27. The molecule has 0 saturated carbocycles. The maximum atomic E-state index is 13.0. The fourth-order valence-electron chi connectivity index (χ4n) is 3.58. The molecule has 7 heteroatoms. The first kappa shape index (κ1) is 19.4. The fourth-order valence-corrected chi connectivity index (χ4v) is 3.71. The lowest BCUT2D eigenvalue weighted by atomic mass is 9.95. The first-order chi connectivity index (χ1) is 12.8. The zero-order valence-corrected chi connectivity index (χ0v) is 16.8. The molecule has 0 aliphatic carbocycles. The van der Waals surface area contributed by atoms with E-state index >= 15 is 0 Å². The fraction of sp³-hybridized carbons (Fsp3) is 0.450. The number of piperazine rings is 1. The van der Waals surface area contributed by atoms with E-state index in [4.69, 9.17) is 16.0 Å². The van der Waals surface area contributed by atoms with Crippen molar-refractivity contribution in [1.29, 1.82) is 0 Å². The van der Waals surface area contributed by atoms with Crippen molar-refractivity contribution in [2.75, 3.05) is 19.6 Å². The summed E-state index contributed by atoms with van der Waals surface area (Å²) in [6, 6.07) is 5.79. The highest BCUT2D eigenvalue weighted by Gasteiger charge is 2.31. The molecule has 3 rings (SSSR count). The minimum absolute atomic E-state index is 0.00233. The van der Waals surface area contributed by atoms with Crippen molar-refractivity contribution in [2.24, 2.45) is 0 Å². The number of oxazole rings is 1. The molecule has 144 valence electrons. The molecule has 0 unspecified atom stereocenters. The third-order valence-electron chi connectivity index (χ3n) is 5.01. The molecule has 27 heavy (non-hydrogen) atoms. The highest BCUT2D eigenvalue weighted by Crippen LogP contribution is 2.22. The summed E-state index contributed by atoms with van der Waals surface area (Å²) < 4.78 is 4.90. The summed E-state index contributed by atoms with van der Waals surface area (Å²) in [4.78, 5) is 32.8. The number of halogens is 1. The number of benzene rings is 1. The van der Waals surface area contributed by atoms with Crippen molar-refractivity contribution in [3.8, 4) is 0 Å². The van der Waals surface area contributed by atoms with Crippen molar-refractivity contribution in [2.45, 2.75) is 39.7 Å². The molecule has 2 heterocycles. The van der Waals surface area contributed by atoms with Crippen LogP contribution in [-0.2, 0) is 0 Å². The minimum Gasteiger partial charge on any atom is -0.435 e. The molecule has 0 N–H and O–H groups in total. The predicted molar refractivity (Wildman–Crippen MR) is 103 cm³/mol. The number of aryl methyl sites for hydroxylation is 1. The van der Waals surface area contributed by atoms with Gasteiger partial charge >= 0.3 is 0 Å². The second-order valence-electron chi connectivity index (χ2n) is 7.31. The SMILES string of the molecule is Cc1cc(C(=O)N2CCN(C(=O)c3coc(Cl)n3)C[C@@H]2C)ccc1C(C)C. The van der Waals surface area contributed by atoms with Crippen LogP contribution in [0.3, 0.4) is 0 Å². The van der Waals surface area contributed by atoms with Crippen LogP contribution in [0.4, 0.5) is 0 Å². The zero-order valence-electron chi connectivity index (χ0n) is 16.0. The summed E-state index contributed by atoms with van der Waals surface area (Å²) in [5.41, 5.74) is 3.25.